The van der Waals surface area contributed by atoms with E-state index in [1.165, 1.54) is 0 Å². The standard InChI is InChI=1S/C10H19N3O2S/c1-4-14-9(15-5-2)6-7-16-10-11-8-12-13(10)3/h8-9H,4-7H2,1-3H3. The van der Waals surface area contributed by atoms with Gasteiger partial charge in [-0.3, -0.25) is 0 Å². The van der Waals surface area contributed by atoms with Crippen molar-refractivity contribution in [3.63, 3.8) is 0 Å². The van der Waals surface area contributed by atoms with Crippen LogP contribution in [0.5, 0.6) is 0 Å². The summed E-state index contributed by atoms with van der Waals surface area (Å²) in [7, 11) is 1.89. The molecule has 0 aromatic carbocycles. The second-order valence-electron chi connectivity index (χ2n) is 3.14. The molecule has 92 valence electrons. The monoisotopic (exact) mass is 245 g/mol. The zero-order valence-corrected chi connectivity index (χ0v) is 10.9. The van der Waals surface area contributed by atoms with Gasteiger partial charge in [0.2, 0.25) is 0 Å². The van der Waals surface area contributed by atoms with E-state index >= 15 is 0 Å². The van der Waals surface area contributed by atoms with Crippen LogP contribution in [0.1, 0.15) is 20.3 Å². The van der Waals surface area contributed by atoms with Gasteiger partial charge in [0.15, 0.2) is 11.4 Å². The molecule has 0 atom stereocenters. The SMILES string of the molecule is CCOC(CCSc1ncnn1C)OCC. The van der Waals surface area contributed by atoms with Crippen molar-refractivity contribution in [2.24, 2.45) is 7.05 Å². The minimum atomic E-state index is -0.101. The summed E-state index contributed by atoms with van der Waals surface area (Å²) in [6.45, 7) is 5.31. The number of aryl methyl sites for hydroxylation is 1. The van der Waals surface area contributed by atoms with Gasteiger partial charge in [-0.2, -0.15) is 5.10 Å². The topological polar surface area (TPSA) is 49.2 Å². The van der Waals surface area contributed by atoms with Gasteiger partial charge in [-0.15, -0.1) is 0 Å². The van der Waals surface area contributed by atoms with Crippen molar-refractivity contribution in [1.29, 1.82) is 0 Å². The van der Waals surface area contributed by atoms with E-state index in [-0.39, 0.29) is 6.29 Å². The average molecular weight is 245 g/mol. The van der Waals surface area contributed by atoms with Crippen LogP contribution >= 0.6 is 11.8 Å². The van der Waals surface area contributed by atoms with Crippen molar-refractivity contribution in [2.75, 3.05) is 19.0 Å². The molecule has 0 saturated heterocycles. The molecule has 0 radical (unpaired) electrons. The lowest BCUT2D eigenvalue weighted by Gasteiger charge is -2.16. The van der Waals surface area contributed by atoms with Crippen LogP contribution in [0.15, 0.2) is 11.5 Å². The Hall–Kier alpha value is -0.590. The number of nitrogens with zero attached hydrogens (tertiary/aromatic N) is 3. The van der Waals surface area contributed by atoms with Crippen LogP contribution in [-0.4, -0.2) is 40.0 Å². The summed E-state index contributed by atoms with van der Waals surface area (Å²) in [6, 6.07) is 0. The van der Waals surface area contributed by atoms with E-state index in [0.29, 0.717) is 13.2 Å². The Morgan fingerprint density at radius 1 is 1.38 bits per heavy atom. The van der Waals surface area contributed by atoms with E-state index in [1.807, 2.05) is 20.9 Å². The molecule has 0 amide bonds. The summed E-state index contributed by atoms with van der Waals surface area (Å²) in [6.07, 6.45) is 2.32. The fraction of sp³-hybridized carbons (Fsp3) is 0.800. The van der Waals surface area contributed by atoms with Crippen LogP contribution in [0.25, 0.3) is 0 Å². The van der Waals surface area contributed by atoms with Gasteiger partial charge in [0.25, 0.3) is 0 Å². The highest BCUT2D eigenvalue weighted by molar-refractivity contribution is 7.99. The first kappa shape index (κ1) is 13.5. The number of hydrogen-bond donors (Lipinski definition) is 0. The highest BCUT2D eigenvalue weighted by Crippen LogP contribution is 2.16. The smallest absolute Gasteiger partial charge is 0.185 e. The lowest BCUT2D eigenvalue weighted by molar-refractivity contribution is -0.136. The molecule has 1 rings (SSSR count). The average Bonchev–Trinajstić information content (AvgIpc) is 2.65. The number of thioether (sulfide) groups is 1. The highest BCUT2D eigenvalue weighted by atomic mass is 32.2. The summed E-state index contributed by atoms with van der Waals surface area (Å²) in [5.41, 5.74) is 0. The number of rotatable bonds is 8. The molecule has 1 aromatic heterocycles. The van der Waals surface area contributed by atoms with E-state index in [1.54, 1.807) is 22.8 Å². The predicted molar refractivity (Wildman–Crippen MR) is 63.4 cm³/mol. The van der Waals surface area contributed by atoms with Crippen molar-refractivity contribution in [2.45, 2.75) is 31.7 Å². The first-order chi connectivity index (χ1) is 7.77. The Kier molecular flexibility index (Phi) is 6.44. The molecule has 1 aromatic rings. The Labute approximate surface area is 101 Å². The zero-order chi connectivity index (χ0) is 11.8. The lowest BCUT2D eigenvalue weighted by Crippen LogP contribution is -2.18. The second kappa shape index (κ2) is 7.65. The maximum absolute atomic E-state index is 5.45. The largest absolute Gasteiger partial charge is 0.353 e. The highest BCUT2D eigenvalue weighted by Gasteiger charge is 2.09. The third-order valence-corrected chi connectivity index (χ3v) is 3.03. The molecule has 16 heavy (non-hydrogen) atoms. The summed E-state index contributed by atoms with van der Waals surface area (Å²) in [5.74, 6) is 0.914. The molecule has 0 fully saturated rings. The number of aromatic nitrogens is 3. The Morgan fingerprint density at radius 3 is 2.56 bits per heavy atom. The fourth-order valence-electron chi connectivity index (χ4n) is 1.25. The lowest BCUT2D eigenvalue weighted by atomic mass is 10.5. The van der Waals surface area contributed by atoms with E-state index in [4.69, 9.17) is 9.47 Å². The van der Waals surface area contributed by atoms with Crippen molar-refractivity contribution in [3.05, 3.63) is 6.33 Å². The van der Waals surface area contributed by atoms with Crippen LogP contribution in [-0.2, 0) is 16.5 Å². The summed E-state index contributed by atoms with van der Waals surface area (Å²) < 4.78 is 12.7. The van der Waals surface area contributed by atoms with Crippen molar-refractivity contribution >= 4 is 11.8 Å². The molecule has 0 aliphatic heterocycles. The van der Waals surface area contributed by atoms with E-state index < -0.39 is 0 Å². The van der Waals surface area contributed by atoms with E-state index in [0.717, 1.165) is 17.3 Å². The van der Waals surface area contributed by atoms with Crippen molar-refractivity contribution in [1.82, 2.24) is 14.8 Å². The third-order valence-electron chi connectivity index (χ3n) is 1.96. The molecule has 0 unspecified atom stereocenters. The molecule has 0 bridgehead atoms. The van der Waals surface area contributed by atoms with E-state index in [9.17, 15) is 0 Å². The second-order valence-corrected chi connectivity index (χ2v) is 4.21. The quantitative estimate of drug-likeness (QED) is 0.515. The predicted octanol–water partition coefficient (Wildman–Crippen LogP) is 1.70. The molecule has 6 heteroatoms. The fourth-order valence-corrected chi connectivity index (χ4v) is 2.10. The zero-order valence-electron chi connectivity index (χ0n) is 10.0. The van der Waals surface area contributed by atoms with Crippen LogP contribution < -0.4 is 0 Å². The first-order valence-corrected chi connectivity index (χ1v) is 6.46. The van der Waals surface area contributed by atoms with Gasteiger partial charge < -0.3 is 9.47 Å². The molecule has 0 aliphatic carbocycles. The van der Waals surface area contributed by atoms with Gasteiger partial charge in [-0.1, -0.05) is 11.8 Å². The number of ether oxygens (including phenoxy) is 2. The van der Waals surface area contributed by atoms with Crippen LogP contribution in [0.2, 0.25) is 0 Å². The van der Waals surface area contributed by atoms with Gasteiger partial charge in [-0.05, 0) is 13.8 Å². The minimum Gasteiger partial charge on any atom is -0.353 e. The molecule has 1 heterocycles. The Morgan fingerprint density at radius 2 is 2.06 bits per heavy atom. The number of hydrogen-bond acceptors (Lipinski definition) is 5. The summed E-state index contributed by atoms with van der Waals surface area (Å²) in [4.78, 5) is 4.14. The molecular weight excluding hydrogens is 226 g/mol. The van der Waals surface area contributed by atoms with Gasteiger partial charge in [0.1, 0.15) is 6.33 Å². The maximum atomic E-state index is 5.45. The minimum absolute atomic E-state index is 0.101. The van der Waals surface area contributed by atoms with Crippen LogP contribution in [0.4, 0.5) is 0 Å². The van der Waals surface area contributed by atoms with Crippen LogP contribution in [0.3, 0.4) is 0 Å². The van der Waals surface area contributed by atoms with E-state index in [2.05, 4.69) is 10.1 Å². The van der Waals surface area contributed by atoms with Crippen molar-refractivity contribution in [3.8, 4) is 0 Å². The van der Waals surface area contributed by atoms with Gasteiger partial charge in [0, 0.05) is 32.4 Å². The molecule has 5 nitrogen and oxygen atoms in total. The molecule has 0 N–H and O–H groups in total. The molecule has 0 saturated carbocycles. The molecular formula is C10H19N3O2S. The molecule has 0 spiro atoms. The van der Waals surface area contributed by atoms with Gasteiger partial charge in [0.05, 0.1) is 0 Å². The Bertz CT molecular complexity index is 287. The summed E-state index contributed by atoms with van der Waals surface area (Å²) >= 11 is 1.66. The molecule has 0 aliphatic rings. The normalized spacial score (nSPS) is 11.2. The summed E-state index contributed by atoms with van der Waals surface area (Å²) in [5, 5.41) is 4.93. The van der Waals surface area contributed by atoms with Crippen molar-refractivity contribution < 1.29 is 9.47 Å². The first-order valence-electron chi connectivity index (χ1n) is 5.47. The van der Waals surface area contributed by atoms with Crippen LogP contribution in [0, 0.1) is 0 Å². The Balaban J connectivity index is 2.24. The third kappa shape index (κ3) is 4.51. The maximum Gasteiger partial charge on any atom is 0.185 e. The van der Waals surface area contributed by atoms with Gasteiger partial charge in [-0.25, -0.2) is 9.67 Å². The van der Waals surface area contributed by atoms with Gasteiger partial charge >= 0.3 is 0 Å².